The van der Waals surface area contributed by atoms with Crippen molar-refractivity contribution < 1.29 is 13.9 Å². The second kappa shape index (κ2) is 6.65. The van der Waals surface area contributed by atoms with Crippen LogP contribution in [0, 0.1) is 5.82 Å². The van der Waals surface area contributed by atoms with Crippen LogP contribution in [0.2, 0.25) is 15.1 Å². The zero-order valence-electron chi connectivity index (χ0n) is 10.9. The van der Waals surface area contributed by atoms with E-state index >= 15 is 0 Å². The largest absolute Gasteiger partial charge is 0.492 e. The molecule has 110 valence electrons. The summed E-state index contributed by atoms with van der Waals surface area (Å²) in [6.07, 6.45) is 0. The number of benzene rings is 2. The molecule has 0 fully saturated rings. The SMILES string of the molecule is CCOc1cc(Cl)c(C(=O)c2ccc(Cl)cc2F)cc1Cl. The fourth-order valence-corrected chi connectivity index (χ4v) is 2.40. The van der Waals surface area contributed by atoms with Gasteiger partial charge in [0.2, 0.25) is 0 Å². The van der Waals surface area contributed by atoms with Crippen molar-refractivity contribution in [2.45, 2.75) is 6.92 Å². The Morgan fingerprint density at radius 2 is 1.81 bits per heavy atom. The molecule has 21 heavy (non-hydrogen) atoms. The van der Waals surface area contributed by atoms with Crippen LogP contribution in [0.5, 0.6) is 5.75 Å². The molecule has 0 saturated heterocycles. The van der Waals surface area contributed by atoms with Crippen LogP contribution in [0.25, 0.3) is 0 Å². The molecule has 0 N–H and O–H groups in total. The topological polar surface area (TPSA) is 26.3 Å². The third kappa shape index (κ3) is 3.49. The van der Waals surface area contributed by atoms with E-state index in [4.69, 9.17) is 39.5 Å². The molecule has 6 heteroatoms. The van der Waals surface area contributed by atoms with Gasteiger partial charge in [0.25, 0.3) is 0 Å². The van der Waals surface area contributed by atoms with Crippen LogP contribution in [0.1, 0.15) is 22.8 Å². The van der Waals surface area contributed by atoms with E-state index < -0.39 is 11.6 Å². The van der Waals surface area contributed by atoms with E-state index in [2.05, 4.69) is 0 Å². The zero-order chi connectivity index (χ0) is 15.6. The van der Waals surface area contributed by atoms with Gasteiger partial charge in [-0.15, -0.1) is 0 Å². The van der Waals surface area contributed by atoms with Gasteiger partial charge in [-0.1, -0.05) is 34.8 Å². The number of halogens is 4. The maximum Gasteiger partial charge on any atom is 0.197 e. The molecule has 0 aliphatic rings. The van der Waals surface area contributed by atoms with E-state index in [0.29, 0.717) is 12.4 Å². The van der Waals surface area contributed by atoms with E-state index in [1.165, 1.54) is 24.3 Å². The first-order chi connectivity index (χ1) is 9.93. The maximum absolute atomic E-state index is 13.8. The number of rotatable bonds is 4. The number of ether oxygens (including phenoxy) is 1. The first kappa shape index (κ1) is 16.1. The van der Waals surface area contributed by atoms with Gasteiger partial charge in [0.05, 0.1) is 22.2 Å². The molecule has 0 bridgehead atoms. The lowest BCUT2D eigenvalue weighted by Crippen LogP contribution is -2.06. The van der Waals surface area contributed by atoms with Crippen LogP contribution in [0.4, 0.5) is 4.39 Å². The molecule has 2 rings (SSSR count). The van der Waals surface area contributed by atoms with E-state index in [1.54, 1.807) is 6.92 Å². The van der Waals surface area contributed by atoms with Gasteiger partial charge in [0.15, 0.2) is 5.78 Å². The van der Waals surface area contributed by atoms with E-state index in [9.17, 15) is 9.18 Å². The lowest BCUT2D eigenvalue weighted by molar-refractivity contribution is 0.103. The normalized spacial score (nSPS) is 10.5. The Kier molecular flexibility index (Phi) is 5.09. The molecule has 2 aromatic carbocycles. The zero-order valence-corrected chi connectivity index (χ0v) is 13.2. The summed E-state index contributed by atoms with van der Waals surface area (Å²) >= 11 is 17.7. The summed E-state index contributed by atoms with van der Waals surface area (Å²) in [5.41, 5.74) is -0.0205. The fourth-order valence-electron chi connectivity index (χ4n) is 1.79. The molecule has 0 aliphatic heterocycles. The van der Waals surface area contributed by atoms with Crippen molar-refractivity contribution in [3.8, 4) is 5.75 Å². The summed E-state index contributed by atoms with van der Waals surface area (Å²) in [6, 6.07) is 6.61. The lowest BCUT2D eigenvalue weighted by atomic mass is 10.0. The summed E-state index contributed by atoms with van der Waals surface area (Å²) < 4.78 is 19.1. The number of hydrogen-bond donors (Lipinski definition) is 0. The average molecular weight is 348 g/mol. The fraction of sp³-hybridized carbons (Fsp3) is 0.133. The van der Waals surface area contributed by atoms with Crippen molar-refractivity contribution in [3.05, 3.63) is 62.3 Å². The molecule has 0 aromatic heterocycles. The number of carbonyl (C=O) groups is 1. The quantitative estimate of drug-likeness (QED) is 0.691. The van der Waals surface area contributed by atoms with Crippen LogP contribution in [-0.4, -0.2) is 12.4 Å². The second-order valence-electron chi connectivity index (χ2n) is 4.15. The van der Waals surface area contributed by atoms with E-state index in [1.807, 2.05) is 0 Å². The third-order valence-corrected chi connectivity index (χ3v) is 3.58. The highest BCUT2D eigenvalue weighted by Gasteiger charge is 2.19. The minimum Gasteiger partial charge on any atom is -0.492 e. The standard InChI is InChI=1S/C15H10Cl3FO2/c1-2-21-14-7-11(17)10(6-12(14)18)15(20)9-4-3-8(16)5-13(9)19/h3-7H,2H2,1H3. The van der Waals surface area contributed by atoms with Crippen molar-refractivity contribution in [3.63, 3.8) is 0 Å². The molecule has 0 spiro atoms. The third-order valence-electron chi connectivity index (χ3n) is 2.74. The molecule has 0 heterocycles. The van der Waals surface area contributed by atoms with Crippen molar-refractivity contribution in [1.29, 1.82) is 0 Å². The van der Waals surface area contributed by atoms with Crippen molar-refractivity contribution in [2.24, 2.45) is 0 Å². The molecule has 0 radical (unpaired) electrons. The molecule has 2 aromatic rings. The summed E-state index contributed by atoms with van der Waals surface area (Å²) in [6.45, 7) is 2.21. The van der Waals surface area contributed by atoms with Crippen molar-refractivity contribution in [1.82, 2.24) is 0 Å². The number of ketones is 1. The predicted octanol–water partition coefficient (Wildman–Crippen LogP) is 5.42. The molecule has 0 aliphatic carbocycles. The van der Waals surface area contributed by atoms with Crippen LogP contribution in [0.15, 0.2) is 30.3 Å². The molecule has 0 unspecified atom stereocenters. The summed E-state index contributed by atoms with van der Waals surface area (Å²) in [4.78, 5) is 12.4. The van der Waals surface area contributed by atoms with Gasteiger partial charge in [-0.2, -0.15) is 0 Å². The van der Waals surface area contributed by atoms with E-state index in [-0.39, 0.29) is 26.2 Å². The highest BCUT2D eigenvalue weighted by Crippen LogP contribution is 2.33. The Balaban J connectivity index is 2.46. The number of carbonyl (C=O) groups excluding carboxylic acids is 1. The van der Waals surface area contributed by atoms with Gasteiger partial charge in [-0.25, -0.2) is 4.39 Å². The minimum atomic E-state index is -0.714. The summed E-state index contributed by atoms with van der Waals surface area (Å²) in [5.74, 6) is -0.912. The lowest BCUT2D eigenvalue weighted by Gasteiger charge is -2.10. The average Bonchev–Trinajstić information content (AvgIpc) is 2.42. The molecular weight excluding hydrogens is 338 g/mol. The first-order valence-electron chi connectivity index (χ1n) is 6.05. The monoisotopic (exact) mass is 346 g/mol. The molecular formula is C15H10Cl3FO2. The Bertz CT molecular complexity index is 702. The van der Waals surface area contributed by atoms with Crippen molar-refractivity contribution in [2.75, 3.05) is 6.61 Å². The first-order valence-corrected chi connectivity index (χ1v) is 7.19. The van der Waals surface area contributed by atoms with Gasteiger partial charge in [-0.05, 0) is 31.2 Å². The second-order valence-corrected chi connectivity index (χ2v) is 5.40. The van der Waals surface area contributed by atoms with Gasteiger partial charge < -0.3 is 4.74 Å². The molecule has 0 atom stereocenters. The van der Waals surface area contributed by atoms with Gasteiger partial charge in [-0.3, -0.25) is 4.79 Å². The van der Waals surface area contributed by atoms with Crippen molar-refractivity contribution >= 4 is 40.6 Å². The highest BCUT2D eigenvalue weighted by atomic mass is 35.5. The Hall–Kier alpha value is -1.29. The molecule has 0 amide bonds. The van der Waals surface area contributed by atoms with Crippen LogP contribution in [0.3, 0.4) is 0 Å². The van der Waals surface area contributed by atoms with Crippen LogP contribution >= 0.6 is 34.8 Å². The molecule has 0 saturated carbocycles. The summed E-state index contributed by atoms with van der Waals surface area (Å²) in [5, 5.41) is 0.584. The van der Waals surface area contributed by atoms with Gasteiger partial charge in [0, 0.05) is 16.7 Å². The predicted molar refractivity (Wildman–Crippen MR) is 82.5 cm³/mol. The van der Waals surface area contributed by atoms with E-state index in [0.717, 1.165) is 6.07 Å². The number of hydrogen-bond acceptors (Lipinski definition) is 2. The molecule has 2 nitrogen and oxygen atoms in total. The highest BCUT2D eigenvalue weighted by molar-refractivity contribution is 6.37. The van der Waals surface area contributed by atoms with Gasteiger partial charge in [0.1, 0.15) is 11.6 Å². The smallest absolute Gasteiger partial charge is 0.197 e. The Labute approximate surface area is 136 Å². The van der Waals surface area contributed by atoms with Gasteiger partial charge >= 0.3 is 0 Å². The Morgan fingerprint density at radius 1 is 1.10 bits per heavy atom. The maximum atomic E-state index is 13.8. The van der Waals surface area contributed by atoms with Crippen LogP contribution < -0.4 is 4.74 Å². The van der Waals surface area contributed by atoms with Crippen LogP contribution in [-0.2, 0) is 0 Å². The summed E-state index contributed by atoms with van der Waals surface area (Å²) in [7, 11) is 0. The Morgan fingerprint density at radius 3 is 2.43 bits per heavy atom. The minimum absolute atomic E-state index is 0.103.